The minimum atomic E-state index is -0.486. The monoisotopic (exact) mass is 167 g/mol. The molecular formula is C8H6ClNO. The number of nitriles is 1. The van der Waals surface area contributed by atoms with Gasteiger partial charge in [-0.1, -0.05) is 30.3 Å². The molecule has 0 N–H and O–H groups in total. The lowest BCUT2D eigenvalue weighted by Gasteiger charge is -1.87. The molecule has 56 valence electrons. The molecule has 0 atom stereocenters. The quantitative estimate of drug-likeness (QED) is 0.473. The molecule has 0 amide bonds. The minimum absolute atomic E-state index is 0. The summed E-state index contributed by atoms with van der Waals surface area (Å²) in [5, 5.41) is 8.19. The van der Waals surface area contributed by atoms with E-state index in [1.54, 1.807) is 36.4 Å². The normalized spacial score (nSPS) is 7.55. The number of benzene rings is 1. The largest absolute Gasteiger partial charge is 0.277 e. The molecule has 0 spiro atoms. The van der Waals surface area contributed by atoms with Gasteiger partial charge in [-0.25, -0.2) is 0 Å². The highest BCUT2D eigenvalue weighted by molar-refractivity contribution is 6.07. The predicted molar refractivity (Wildman–Crippen MR) is 43.6 cm³/mol. The Labute approximate surface area is 70.9 Å². The fourth-order valence-corrected chi connectivity index (χ4v) is 0.654. The second kappa shape index (κ2) is 4.48. The van der Waals surface area contributed by atoms with Crippen LogP contribution in [0.2, 0.25) is 0 Å². The Hall–Kier alpha value is -1.33. The fourth-order valence-electron chi connectivity index (χ4n) is 0.654. The topological polar surface area (TPSA) is 40.9 Å². The van der Waals surface area contributed by atoms with Crippen LogP contribution in [0.15, 0.2) is 30.3 Å². The molecule has 0 aliphatic heterocycles. The smallest absolute Gasteiger partial charge is 0.262 e. The van der Waals surface area contributed by atoms with Crippen molar-refractivity contribution in [2.75, 3.05) is 0 Å². The molecule has 1 aromatic rings. The number of rotatable bonds is 1. The lowest BCUT2D eigenvalue weighted by molar-refractivity contribution is 0.105. The van der Waals surface area contributed by atoms with Gasteiger partial charge in [0.2, 0.25) is 0 Å². The summed E-state index contributed by atoms with van der Waals surface area (Å²) in [6.07, 6.45) is 0. The number of halogens is 1. The van der Waals surface area contributed by atoms with Gasteiger partial charge < -0.3 is 0 Å². The van der Waals surface area contributed by atoms with Crippen molar-refractivity contribution in [3.05, 3.63) is 35.9 Å². The molecule has 0 unspecified atom stereocenters. The van der Waals surface area contributed by atoms with Crippen molar-refractivity contribution in [3.8, 4) is 6.07 Å². The van der Waals surface area contributed by atoms with Gasteiger partial charge in [0.25, 0.3) is 5.78 Å². The molecule has 0 aliphatic rings. The van der Waals surface area contributed by atoms with Crippen LogP contribution < -0.4 is 0 Å². The van der Waals surface area contributed by atoms with Crippen molar-refractivity contribution in [1.29, 1.82) is 5.26 Å². The van der Waals surface area contributed by atoms with Crippen LogP contribution in [0.25, 0.3) is 0 Å². The third-order valence-corrected chi connectivity index (χ3v) is 1.14. The molecule has 0 aromatic heterocycles. The molecule has 3 heteroatoms. The molecule has 2 nitrogen and oxygen atoms in total. The van der Waals surface area contributed by atoms with Gasteiger partial charge in [-0.15, -0.1) is 12.4 Å². The van der Waals surface area contributed by atoms with E-state index in [0.717, 1.165) is 0 Å². The van der Waals surface area contributed by atoms with Crippen LogP contribution in [0.3, 0.4) is 0 Å². The SMILES string of the molecule is Cl.N#CC(=O)c1ccccc1. The summed E-state index contributed by atoms with van der Waals surface area (Å²) in [7, 11) is 0. The average Bonchev–Trinajstić information content (AvgIpc) is 2.05. The molecule has 0 aliphatic carbocycles. The van der Waals surface area contributed by atoms with Crippen molar-refractivity contribution < 1.29 is 4.79 Å². The Balaban J connectivity index is 0.000001000. The van der Waals surface area contributed by atoms with E-state index in [-0.39, 0.29) is 12.4 Å². The van der Waals surface area contributed by atoms with Crippen molar-refractivity contribution in [2.45, 2.75) is 0 Å². The molecular weight excluding hydrogens is 162 g/mol. The highest BCUT2D eigenvalue weighted by Gasteiger charge is 1.99. The standard InChI is InChI=1S/C8H5NO.ClH/c9-6-8(10)7-4-2-1-3-5-7;/h1-5H;1H. The number of nitrogens with zero attached hydrogens (tertiary/aromatic N) is 1. The van der Waals surface area contributed by atoms with Gasteiger partial charge in [0, 0.05) is 5.56 Å². The molecule has 1 rings (SSSR count). The summed E-state index contributed by atoms with van der Waals surface area (Å²) in [6.45, 7) is 0. The lowest BCUT2D eigenvalue weighted by atomic mass is 10.1. The van der Waals surface area contributed by atoms with E-state index in [4.69, 9.17) is 5.26 Å². The van der Waals surface area contributed by atoms with Crippen LogP contribution in [0.4, 0.5) is 0 Å². The van der Waals surface area contributed by atoms with Crippen LogP contribution in [0, 0.1) is 11.3 Å². The molecule has 11 heavy (non-hydrogen) atoms. The first-order valence-corrected chi connectivity index (χ1v) is 2.84. The summed E-state index contributed by atoms with van der Waals surface area (Å²) in [5.74, 6) is -0.486. The average molecular weight is 168 g/mol. The molecule has 1 aromatic carbocycles. The highest BCUT2D eigenvalue weighted by Crippen LogP contribution is 1.97. The van der Waals surface area contributed by atoms with Crippen molar-refractivity contribution in [2.24, 2.45) is 0 Å². The maximum Gasteiger partial charge on any atom is 0.262 e. The van der Waals surface area contributed by atoms with Gasteiger partial charge in [-0.2, -0.15) is 5.26 Å². The molecule has 0 radical (unpaired) electrons. The van der Waals surface area contributed by atoms with E-state index < -0.39 is 5.78 Å². The first-order valence-electron chi connectivity index (χ1n) is 2.84. The molecule has 0 saturated heterocycles. The summed E-state index contributed by atoms with van der Waals surface area (Å²) < 4.78 is 0. The number of hydrogen-bond acceptors (Lipinski definition) is 2. The van der Waals surface area contributed by atoms with E-state index in [1.165, 1.54) is 0 Å². The summed E-state index contributed by atoms with van der Waals surface area (Å²) in [4.78, 5) is 10.7. The van der Waals surface area contributed by atoms with Gasteiger partial charge in [0.1, 0.15) is 6.07 Å². The third-order valence-electron chi connectivity index (χ3n) is 1.14. The van der Waals surface area contributed by atoms with Crippen molar-refractivity contribution in [3.63, 3.8) is 0 Å². The Bertz CT molecular complexity index is 276. The van der Waals surface area contributed by atoms with Gasteiger partial charge in [0.05, 0.1) is 0 Å². The van der Waals surface area contributed by atoms with E-state index >= 15 is 0 Å². The number of carbonyl (C=O) groups excluding carboxylic acids is 1. The van der Waals surface area contributed by atoms with Crippen molar-refractivity contribution >= 4 is 18.2 Å². The zero-order valence-electron chi connectivity index (χ0n) is 5.65. The van der Waals surface area contributed by atoms with Crippen LogP contribution in [-0.2, 0) is 0 Å². The van der Waals surface area contributed by atoms with Crippen LogP contribution in [0.1, 0.15) is 10.4 Å². The van der Waals surface area contributed by atoms with Crippen LogP contribution in [0.5, 0.6) is 0 Å². The Morgan fingerprint density at radius 3 is 2.27 bits per heavy atom. The second-order valence-electron chi connectivity index (χ2n) is 1.81. The fraction of sp³-hybridized carbons (Fsp3) is 0. The van der Waals surface area contributed by atoms with Crippen molar-refractivity contribution in [1.82, 2.24) is 0 Å². The first kappa shape index (κ1) is 9.67. The summed E-state index contributed by atoms with van der Waals surface area (Å²) in [6, 6.07) is 10.0. The van der Waals surface area contributed by atoms with Gasteiger partial charge in [0.15, 0.2) is 0 Å². The minimum Gasteiger partial charge on any atom is -0.277 e. The number of hydrogen-bond donors (Lipinski definition) is 0. The van der Waals surface area contributed by atoms with E-state index in [9.17, 15) is 4.79 Å². The first-order chi connectivity index (χ1) is 4.84. The van der Waals surface area contributed by atoms with E-state index in [1.807, 2.05) is 0 Å². The number of carbonyl (C=O) groups is 1. The zero-order valence-corrected chi connectivity index (χ0v) is 6.47. The number of ketones is 1. The van der Waals surface area contributed by atoms with Crippen LogP contribution in [-0.4, -0.2) is 5.78 Å². The summed E-state index contributed by atoms with van der Waals surface area (Å²) in [5.41, 5.74) is 0.449. The molecule has 0 saturated carbocycles. The lowest BCUT2D eigenvalue weighted by Crippen LogP contribution is -1.91. The van der Waals surface area contributed by atoms with E-state index in [2.05, 4.69) is 0 Å². The van der Waals surface area contributed by atoms with Gasteiger partial charge in [-0.3, -0.25) is 4.79 Å². The molecule has 0 heterocycles. The van der Waals surface area contributed by atoms with Gasteiger partial charge >= 0.3 is 0 Å². The third kappa shape index (κ3) is 2.40. The van der Waals surface area contributed by atoms with Gasteiger partial charge in [-0.05, 0) is 0 Å². The molecule has 0 fully saturated rings. The van der Waals surface area contributed by atoms with Crippen LogP contribution >= 0.6 is 12.4 Å². The Kier molecular flexibility index (Phi) is 3.94. The predicted octanol–water partition coefficient (Wildman–Crippen LogP) is 1.81. The van der Waals surface area contributed by atoms with E-state index in [0.29, 0.717) is 5.56 Å². The maximum atomic E-state index is 10.7. The second-order valence-corrected chi connectivity index (χ2v) is 1.81. The maximum absolute atomic E-state index is 10.7. The highest BCUT2D eigenvalue weighted by atomic mass is 35.5. The summed E-state index contributed by atoms with van der Waals surface area (Å²) >= 11 is 0. The number of Topliss-reactive ketones (excluding diaryl/α,β-unsaturated/α-hetero) is 1. The Morgan fingerprint density at radius 1 is 1.27 bits per heavy atom. The Morgan fingerprint density at radius 2 is 1.82 bits per heavy atom. The molecule has 0 bridgehead atoms. The zero-order chi connectivity index (χ0) is 7.40.